The second-order valence-corrected chi connectivity index (χ2v) is 10.3. The third-order valence-corrected chi connectivity index (χ3v) is 7.30. The van der Waals surface area contributed by atoms with Crippen molar-refractivity contribution in [3.63, 3.8) is 0 Å². The molecule has 2 unspecified atom stereocenters. The number of rotatable bonds is 10. The zero-order chi connectivity index (χ0) is 27.4. The van der Waals surface area contributed by atoms with Gasteiger partial charge in [0.2, 0.25) is 27.7 Å². The van der Waals surface area contributed by atoms with Gasteiger partial charge in [-0.3, -0.25) is 4.72 Å². The fourth-order valence-electron chi connectivity index (χ4n) is 3.67. The van der Waals surface area contributed by atoms with E-state index in [4.69, 9.17) is 14.2 Å². The average Bonchev–Trinajstić information content (AvgIpc) is 3.31. The lowest BCUT2D eigenvalue weighted by Gasteiger charge is -2.22. The van der Waals surface area contributed by atoms with Crippen molar-refractivity contribution >= 4 is 16.0 Å². The average molecular weight is 542 g/mol. The summed E-state index contributed by atoms with van der Waals surface area (Å²) in [5.41, 5.74) is 2.15. The quantitative estimate of drug-likeness (QED) is 0.310. The molecule has 0 spiro atoms. The summed E-state index contributed by atoms with van der Waals surface area (Å²) < 4.78 is 47.5. The van der Waals surface area contributed by atoms with Crippen LogP contribution < -0.4 is 14.2 Å². The molecule has 0 radical (unpaired) electrons. The number of pyridine rings is 1. The van der Waals surface area contributed by atoms with Crippen LogP contribution in [0, 0.1) is 13.8 Å². The van der Waals surface area contributed by atoms with Crippen molar-refractivity contribution in [2.24, 2.45) is 0 Å². The Morgan fingerprint density at radius 2 is 1.61 bits per heavy atom. The largest absolute Gasteiger partial charge is 0.479 e. The highest BCUT2D eigenvalue weighted by Crippen LogP contribution is 2.35. The van der Waals surface area contributed by atoms with E-state index in [-0.39, 0.29) is 35.0 Å². The summed E-state index contributed by atoms with van der Waals surface area (Å²) in [7, 11) is 0.0662. The van der Waals surface area contributed by atoms with Crippen molar-refractivity contribution < 1.29 is 22.6 Å². The third-order valence-electron chi connectivity index (χ3n) is 5.60. The molecule has 14 nitrogen and oxygen atoms in total. The lowest BCUT2D eigenvalue weighted by molar-refractivity contribution is 0.0949. The number of hydrogen-bond acceptors (Lipinski definition) is 12. The molecule has 15 heteroatoms. The minimum Gasteiger partial charge on any atom is -0.479 e. The predicted molar refractivity (Wildman–Crippen MR) is 137 cm³/mol. The fraction of sp³-hybridized carbons (Fsp3) is 0.348. The smallest absolute Gasteiger partial charge is 0.245 e. The molecule has 0 aromatic carbocycles. The molecule has 0 aliphatic heterocycles. The molecule has 4 aromatic heterocycles. The van der Waals surface area contributed by atoms with E-state index in [0.717, 1.165) is 11.3 Å². The summed E-state index contributed by atoms with van der Waals surface area (Å²) in [6.07, 6.45) is 3.47. The molecule has 0 saturated carbocycles. The van der Waals surface area contributed by atoms with E-state index in [1.165, 1.54) is 39.1 Å². The Balaban J connectivity index is 1.84. The number of hydrogen-bond donors (Lipinski definition) is 1. The zero-order valence-corrected chi connectivity index (χ0v) is 22.5. The third kappa shape index (κ3) is 5.24. The van der Waals surface area contributed by atoms with Crippen LogP contribution in [0.4, 0.5) is 5.95 Å². The van der Waals surface area contributed by atoms with Crippen LogP contribution in [-0.4, -0.2) is 74.7 Å². The van der Waals surface area contributed by atoms with Crippen molar-refractivity contribution in [3.8, 4) is 29.0 Å². The Morgan fingerprint density at radius 1 is 0.947 bits per heavy atom. The highest BCUT2D eigenvalue weighted by Gasteiger charge is 2.35. The highest BCUT2D eigenvalue weighted by molar-refractivity contribution is 7.93. The van der Waals surface area contributed by atoms with Gasteiger partial charge in [-0.25, -0.2) is 27.9 Å². The Bertz CT molecular complexity index is 1500. The van der Waals surface area contributed by atoms with Crippen LogP contribution in [0.25, 0.3) is 17.2 Å². The van der Waals surface area contributed by atoms with Gasteiger partial charge >= 0.3 is 0 Å². The van der Waals surface area contributed by atoms with Crippen LogP contribution in [-0.2, 0) is 14.8 Å². The molecule has 38 heavy (non-hydrogen) atoms. The maximum Gasteiger partial charge on any atom is 0.245 e. The van der Waals surface area contributed by atoms with Gasteiger partial charge in [0.25, 0.3) is 0 Å². The summed E-state index contributed by atoms with van der Waals surface area (Å²) >= 11 is 0. The molecule has 0 aliphatic carbocycles. The molecule has 2 atom stereocenters. The molecule has 0 bridgehead atoms. The Kier molecular flexibility index (Phi) is 7.78. The summed E-state index contributed by atoms with van der Waals surface area (Å²) in [6, 6.07) is 5.33. The van der Waals surface area contributed by atoms with E-state index in [1.54, 1.807) is 24.5 Å². The zero-order valence-electron chi connectivity index (χ0n) is 21.6. The van der Waals surface area contributed by atoms with Crippen molar-refractivity contribution in [3.05, 3.63) is 54.0 Å². The molecule has 1 N–H and O–H groups in total. The molecule has 0 saturated heterocycles. The number of nitrogens with one attached hydrogen (secondary N) is 1. The van der Waals surface area contributed by atoms with E-state index >= 15 is 0 Å². The first-order valence-electron chi connectivity index (χ1n) is 11.4. The number of methoxy groups -OCH3 is 3. The standard InChI is InChI=1S/C23H27N9O5S/c1-13-10-24-19(25-11-13)18(35-4)15(3)38(33,34)31-23-30-29-20(16-9-7-8-14(2)28-16)32(23)17-21(36-5)26-12-27-22(17)37-6/h7-12,15,18H,1-6H3,(H,30,31). The van der Waals surface area contributed by atoms with Gasteiger partial charge in [-0.2, -0.15) is 9.97 Å². The lowest BCUT2D eigenvalue weighted by atomic mass is 10.2. The molecule has 0 aliphatic rings. The van der Waals surface area contributed by atoms with E-state index in [0.29, 0.717) is 5.69 Å². The van der Waals surface area contributed by atoms with Gasteiger partial charge in [-0.1, -0.05) is 6.07 Å². The van der Waals surface area contributed by atoms with Crippen LogP contribution >= 0.6 is 0 Å². The SMILES string of the molecule is COc1ncnc(OC)c1-n1c(NS(=O)(=O)C(C)C(OC)c2ncc(C)cn2)nnc1-c1cccc(C)n1. The molecule has 4 heterocycles. The summed E-state index contributed by atoms with van der Waals surface area (Å²) in [5, 5.41) is 7.23. The van der Waals surface area contributed by atoms with Crippen LogP contribution in [0.5, 0.6) is 11.8 Å². The summed E-state index contributed by atoms with van der Waals surface area (Å²) in [5.74, 6) is 0.461. The van der Waals surface area contributed by atoms with Gasteiger partial charge in [-0.05, 0) is 38.5 Å². The Morgan fingerprint density at radius 3 is 2.18 bits per heavy atom. The molecule has 0 amide bonds. The monoisotopic (exact) mass is 541 g/mol. The van der Waals surface area contributed by atoms with Crippen LogP contribution in [0.3, 0.4) is 0 Å². The lowest BCUT2D eigenvalue weighted by Crippen LogP contribution is -2.33. The maximum absolute atomic E-state index is 13.6. The highest BCUT2D eigenvalue weighted by atomic mass is 32.2. The number of nitrogens with zero attached hydrogens (tertiary/aromatic N) is 8. The van der Waals surface area contributed by atoms with Gasteiger partial charge < -0.3 is 14.2 Å². The fourth-order valence-corrected chi connectivity index (χ4v) is 4.80. The number of aryl methyl sites for hydroxylation is 2. The molecule has 4 aromatic rings. The normalized spacial score (nSPS) is 13.1. The van der Waals surface area contributed by atoms with E-state index < -0.39 is 21.4 Å². The first-order chi connectivity index (χ1) is 18.2. The number of anilines is 1. The van der Waals surface area contributed by atoms with Crippen LogP contribution in [0.15, 0.2) is 36.9 Å². The van der Waals surface area contributed by atoms with Gasteiger partial charge in [0.15, 0.2) is 17.3 Å². The van der Waals surface area contributed by atoms with Crippen molar-refractivity contribution in [2.45, 2.75) is 32.1 Å². The number of sulfonamides is 1. The second kappa shape index (κ2) is 11.0. The molecule has 4 rings (SSSR count). The summed E-state index contributed by atoms with van der Waals surface area (Å²) in [6.45, 7) is 5.13. The molecular weight excluding hydrogens is 514 g/mol. The van der Waals surface area contributed by atoms with E-state index in [1.807, 2.05) is 19.9 Å². The van der Waals surface area contributed by atoms with Crippen LogP contribution in [0.1, 0.15) is 30.1 Å². The Labute approximate surface area is 219 Å². The molecule has 200 valence electrons. The topological polar surface area (TPSA) is 169 Å². The molecule has 0 fully saturated rings. The maximum atomic E-state index is 13.6. The van der Waals surface area contributed by atoms with Crippen molar-refractivity contribution in [1.29, 1.82) is 0 Å². The summed E-state index contributed by atoms with van der Waals surface area (Å²) in [4.78, 5) is 21.3. The Hall–Kier alpha value is -4.24. The number of aromatic nitrogens is 8. The first-order valence-corrected chi connectivity index (χ1v) is 12.9. The van der Waals surface area contributed by atoms with E-state index in [9.17, 15) is 8.42 Å². The van der Waals surface area contributed by atoms with Crippen molar-refractivity contribution in [1.82, 2.24) is 39.7 Å². The minimum atomic E-state index is -4.15. The number of ether oxygens (including phenoxy) is 3. The van der Waals surface area contributed by atoms with Gasteiger partial charge in [0.05, 0.1) is 14.2 Å². The predicted octanol–water partition coefficient (Wildman–Crippen LogP) is 2.06. The molecular formula is C23H27N9O5S. The van der Waals surface area contributed by atoms with Crippen molar-refractivity contribution in [2.75, 3.05) is 26.1 Å². The van der Waals surface area contributed by atoms with Crippen LogP contribution in [0.2, 0.25) is 0 Å². The van der Waals surface area contributed by atoms with Gasteiger partial charge in [0, 0.05) is 25.2 Å². The van der Waals surface area contributed by atoms with Gasteiger partial charge in [0.1, 0.15) is 23.4 Å². The minimum absolute atomic E-state index is 0.0990. The first kappa shape index (κ1) is 26.8. The second-order valence-electron chi connectivity index (χ2n) is 8.21. The van der Waals surface area contributed by atoms with E-state index in [2.05, 4.69) is 39.8 Å². The van der Waals surface area contributed by atoms with Gasteiger partial charge in [-0.15, -0.1) is 10.2 Å².